The molecule has 1 aromatic carbocycles. The van der Waals surface area contributed by atoms with Crippen molar-refractivity contribution in [2.45, 2.75) is 25.7 Å². The van der Waals surface area contributed by atoms with Gasteiger partial charge in [-0.1, -0.05) is 30.3 Å². The van der Waals surface area contributed by atoms with Gasteiger partial charge in [-0.15, -0.1) is 0 Å². The molecule has 0 atom stereocenters. The third kappa shape index (κ3) is 4.56. The van der Waals surface area contributed by atoms with E-state index in [2.05, 4.69) is 39.2 Å². The number of hydrogen-bond acceptors (Lipinski definition) is 4. The number of aryl methyl sites for hydroxylation is 1. The van der Waals surface area contributed by atoms with Crippen LogP contribution in [0.3, 0.4) is 0 Å². The molecular weight excluding hydrogens is 298 g/mol. The van der Waals surface area contributed by atoms with Crippen molar-refractivity contribution in [3.05, 3.63) is 78.6 Å². The van der Waals surface area contributed by atoms with Crippen LogP contribution in [0.5, 0.6) is 0 Å². The van der Waals surface area contributed by atoms with E-state index >= 15 is 0 Å². The summed E-state index contributed by atoms with van der Waals surface area (Å²) in [7, 11) is 0. The third-order valence-electron chi connectivity index (χ3n) is 3.89. The number of aromatic nitrogens is 3. The molecule has 0 saturated heterocycles. The summed E-state index contributed by atoms with van der Waals surface area (Å²) < 4.78 is 0. The molecule has 0 aliphatic heterocycles. The average molecular weight is 317 g/mol. The number of Topliss-reactive ketones (excluding diaryl/α,β-unsaturated/α-hetero) is 1. The Bertz CT molecular complexity index is 771. The normalized spacial score (nSPS) is 10.5. The van der Waals surface area contributed by atoms with Gasteiger partial charge in [-0.25, -0.2) is 9.97 Å². The van der Waals surface area contributed by atoms with Gasteiger partial charge in [0.15, 0.2) is 0 Å². The van der Waals surface area contributed by atoms with Crippen molar-refractivity contribution in [1.82, 2.24) is 15.0 Å². The lowest BCUT2D eigenvalue weighted by atomic mass is 10.0. The van der Waals surface area contributed by atoms with Crippen LogP contribution in [0.2, 0.25) is 0 Å². The lowest BCUT2D eigenvalue weighted by molar-refractivity contribution is -0.118. The van der Waals surface area contributed by atoms with Gasteiger partial charge >= 0.3 is 0 Å². The van der Waals surface area contributed by atoms with Crippen LogP contribution < -0.4 is 0 Å². The largest absolute Gasteiger partial charge is 0.299 e. The van der Waals surface area contributed by atoms with Crippen LogP contribution in [0.25, 0.3) is 11.1 Å². The van der Waals surface area contributed by atoms with Gasteiger partial charge in [-0.3, -0.25) is 9.78 Å². The summed E-state index contributed by atoms with van der Waals surface area (Å²) in [5.41, 5.74) is 4.34. The summed E-state index contributed by atoms with van der Waals surface area (Å²) in [5, 5.41) is 0. The Kier molecular flexibility index (Phi) is 5.40. The van der Waals surface area contributed by atoms with E-state index in [0.717, 1.165) is 29.5 Å². The van der Waals surface area contributed by atoms with Crippen molar-refractivity contribution in [2.75, 3.05) is 0 Å². The van der Waals surface area contributed by atoms with E-state index in [-0.39, 0.29) is 5.78 Å². The molecule has 3 rings (SSSR count). The van der Waals surface area contributed by atoms with Crippen molar-refractivity contribution < 1.29 is 4.79 Å². The SMILES string of the molecule is O=C(CCCc1ccc(-c2cncnc2)cc1)Cc1cccnc1. The second-order valence-corrected chi connectivity index (χ2v) is 5.75. The van der Waals surface area contributed by atoms with Crippen LogP contribution in [0.4, 0.5) is 0 Å². The van der Waals surface area contributed by atoms with Crippen LogP contribution in [0.15, 0.2) is 67.5 Å². The number of benzene rings is 1. The van der Waals surface area contributed by atoms with Gasteiger partial charge in [0.25, 0.3) is 0 Å². The fourth-order valence-electron chi connectivity index (χ4n) is 2.62. The molecule has 4 heteroatoms. The highest BCUT2D eigenvalue weighted by Crippen LogP contribution is 2.18. The number of carbonyl (C=O) groups excluding carboxylic acids is 1. The Morgan fingerprint density at radius 2 is 1.62 bits per heavy atom. The molecule has 0 aliphatic rings. The first-order valence-electron chi connectivity index (χ1n) is 8.06. The van der Waals surface area contributed by atoms with Gasteiger partial charge < -0.3 is 0 Å². The average Bonchev–Trinajstić information content (AvgIpc) is 2.64. The fourth-order valence-corrected chi connectivity index (χ4v) is 2.62. The monoisotopic (exact) mass is 317 g/mol. The fraction of sp³-hybridized carbons (Fsp3) is 0.200. The van der Waals surface area contributed by atoms with Crippen molar-refractivity contribution in [2.24, 2.45) is 0 Å². The number of hydrogen-bond donors (Lipinski definition) is 0. The highest BCUT2D eigenvalue weighted by atomic mass is 16.1. The Morgan fingerprint density at radius 3 is 2.33 bits per heavy atom. The topological polar surface area (TPSA) is 55.7 Å². The molecule has 0 amide bonds. The molecule has 24 heavy (non-hydrogen) atoms. The maximum Gasteiger partial charge on any atom is 0.137 e. The Balaban J connectivity index is 1.48. The van der Waals surface area contributed by atoms with Crippen LogP contribution in [-0.4, -0.2) is 20.7 Å². The number of ketones is 1. The zero-order chi connectivity index (χ0) is 16.6. The summed E-state index contributed by atoms with van der Waals surface area (Å²) in [6.07, 6.45) is 11.5. The quantitative estimate of drug-likeness (QED) is 0.667. The first-order chi connectivity index (χ1) is 11.8. The van der Waals surface area contributed by atoms with Crippen LogP contribution in [-0.2, 0) is 17.6 Å². The number of rotatable bonds is 7. The van der Waals surface area contributed by atoms with E-state index in [1.165, 1.54) is 11.9 Å². The van der Waals surface area contributed by atoms with Gasteiger partial charge in [0.1, 0.15) is 12.1 Å². The Labute approximate surface area is 141 Å². The van der Waals surface area contributed by atoms with E-state index in [1.807, 2.05) is 12.1 Å². The second-order valence-electron chi connectivity index (χ2n) is 5.75. The van der Waals surface area contributed by atoms with Crippen molar-refractivity contribution in [1.29, 1.82) is 0 Å². The third-order valence-corrected chi connectivity index (χ3v) is 3.89. The molecule has 0 bridgehead atoms. The van der Waals surface area contributed by atoms with Crippen molar-refractivity contribution >= 4 is 5.78 Å². The molecule has 2 heterocycles. The number of carbonyl (C=O) groups is 1. The van der Waals surface area contributed by atoms with E-state index in [0.29, 0.717) is 12.8 Å². The smallest absolute Gasteiger partial charge is 0.137 e. The zero-order valence-electron chi connectivity index (χ0n) is 13.4. The summed E-state index contributed by atoms with van der Waals surface area (Å²) in [6, 6.07) is 12.2. The molecule has 0 aliphatic carbocycles. The highest BCUT2D eigenvalue weighted by Gasteiger charge is 2.04. The Morgan fingerprint density at radius 1 is 0.833 bits per heavy atom. The van der Waals surface area contributed by atoms with Crippen LogP contribution in [0.1, 0.15) is 24.0 Å². The van der Waals surface area contributed by atoms with Gasteiger partial charge in [-0.2, -0.15) is 0 Å². The van der Waals surface area contributed by atoms with Gasteiger partial charge in [-0.05, 0) is 35.6 Å². The second kappa shape index (κ2) is 8.11. The van der Waals surface area contributed by atoms with E-state index in [1.54, 1.807) is 24.8 Å². The van der Waals surface area contributed by atoms with E-state index in [9.17, 15) is 4.79 Å². The summed E-state index contributed by atoms with van der Waals surface area (Å²) in [5.74, 6) is 0.265. The maximum absolute atomic E-state index is 12.0. The summed E-state index contributed by atoms with van der Waals surface area (Å²) >= 11 is 0. The molecule has 3 aromatic rings. The minimum absolute atomic E-state index is 0.265. The Hall–Kier alpha value is -2.88. The lowest BCUT2D eigenvalue weighted by Crippen LogP contribution is -2.03. The molecule has 0 unspecified atom stereocenters. The van der Waals surface area contributed by atoms with Crippen LogP contribution in [0, 0.1) is 0 Å². The highest BCUT2D eigenvalue weighted by molar-refractivity contribution is 5.80. The minimum Gasteiger partial charge on any atom is -0.299 e. The van der Waals surface area contributed by atoms with Gasteiger partial charge in [0, 0.05) is 43.2 Å². The number of pyridine rings is 1. The maximum atomic E-state index is 12.0. The lowest BCUT2D eigenvalue weighted by Gasteiger charge is -2.04. The molecular formula is C20H19N3O. The van der Waals surface area contributed by atoms with Crippen molar-refractivity contribution in [3.8, 4) is 11.1 Å². The summed E-state index contributed by atoms with van der Waals surface area (Å²) in [4.78, 5) is 24.1. The number of nitrogens with zero attached hydrogens (tertiary/aromatic N) is 3. The molecule has 4 nitrogen and oxygen atoms in total. The molecule has 0 spiro atoms. The zero-order valence-corrected chi connectivity index (χ0v) is 13.4. The van der Waals surface area contributed by atoms with E-state index in [4.69, 9.17) is 0 Å². The standard InChI is InChI=1S/C20H19N3O/c24-20(11-17-4-2-10-21-12-17)5-1-3-16-6-8-18(9-7-16)19-13-22-15-23-14-19/h2,4,6-10,12-15H,1,3,5,11H2. The first kappa shape index (κ1) is 16.0. The molecule has 2 aromatic heterocycles. The van der Waals surface area contributed by atoms with Crippen molar-refractivity contribution in [3.63, 3.8) is 0 Å². The minimum atomic E-state index is 0.265. The summed E-state index contributed by atoms with van der Waals surface area (Å²) in [6.45, 7) is 0. The molecule has 120 valence electrons. The predicted octanol–water partition coefficient (Wildman–Crippen LogP) is 3.67. The van der Waals surface area contributed by atoms with E-state index < -0.39 is 0 Å². The van der Waals surface area contributed by atoms with Gasteiger partial charge in [0.2, 0.25) is 0 Å². The molecule has 0 radical (unpaired) electrons. The van der Waals surface area contributed by atoms with Crippen LogP contribution >= 0.6 is 0 Å². The molecule has 0 fully saturated rings. The van der Waals surface area contributed by atoms with Gasteiger partial charge in [0.05, 0.1) is 0 Å². The first-order valence-corrected chi connectivity index (χ1v) is 8.06. The molecule has 0 saturated carbocycles. The molecule has 0 N–H and O–H groups in total. The predicted molar refractivity (Wildman–Crippen MR) is 93.4 cm³/mol.